The van der Waals surface area contributed by atoms with Gasteiger partial charge in [0.25, 0.3) is 0 Å². The van der Waals surface area contributed by atoms with Crippen molar-refractivity contribution in [2.24, 2.45) is 0 Å². The normalized spacial score (nSPS) is 10.5. The van der Waals surface area contributed by atoms with E-state index in [1.807, 2.05) is 13.0 Å². The minimum atomic E-state index is -0.425. The fraction of sp³-hybridized carbons (Fsp3) is 0.273. The van der Waals surface area contributed by atoms with Gasteiger partial charge in [-0.15, -0.1) is 0 Å². The van der Waals surface area contributed by atoms with Crippen LogP contribution in [0.2, 0.25) is 0 Å². The van der Waals surface area contributed by atoms with Crippen molar-refractivity contribution in [2.75, 3.05) is 6.61 Å². The summed E-state index contributed by atoms with van der Waals surface area (Å²) >= 11 is 0. The minimum absolute atomic E-state index is 0.264. The maximum Gasteiger partial charge on any atom is 0.374 e. The van der Waals surface area contributed by atoms with E-state index < -0.39 is 5.97 Å². The standard InChI is InChI=1S/C11H11NO3/c1-3-14-11(13)10-7(2)8-4-5-12-6-9(8)15-10/h4-6H,3H2,1-2H3. The Balaban J connectivity index is 2.53. The highest BCUT2D eigenvalue weighted by Crippen LogP contribution is 2.24. The van der Waals surface area contributed by atoms with E-state index in [9.17, 15) is 4.79 Å². The first-order chi connectivity index (χ1) is 7.24. The summed E-state index contributed by atoms with van der Waals surface area (Å²) in [5.74, 6) is -0.161. The van der Waals surface area contributed by atoms with Crippen molar-refractivity contribution < 1.29 is 13.9 Å². The predicted molar refractivity (Wildman–Crippen MR) is 54.7 cm³/mol. The number of rotatable bonds is 2. The van der Waals surface area contributed by atoms with Gasteiger partial charge in [-0.2, -0.15) is 0 Å². The molecule has 2 rings (SSSR count). The fourth-order valence-corrected chi connectivity index (χ4v) is 1.47. The molecule has 4 nitrogen and oxygen atoms in total. The molecule has 0 fully saturated rings. The molecule has 2 aromatic rings. The summed E-state index contributed by atoms with van der Waals surface area (Å²) in [5, 5.41) is 0.896. The number of aryl methyl sites for hydroxylation is 1. The molecule has 0 N–H and O–H groups in total. The molecule has 0 aliphatic carbocycles. The summed E-state index contributed by atoms with van der Waals surface area (Å²) < 4.78 is 10.3. The zero-order valence-corrected chi connectivity index (χ0v) is 8.61. The lowest BCUT2D eigenvalue weighted by atomic mass is 10.2. The molecule has 2 heterocycles. The van der Waals surface area contributed by atoms with Gasteiger partial charge in [-0.3, -0.25) is 4.98 Å². The molecular weight excluding hydrogens is 194 g/mol. The van der Waals surface area contributed by atoms with Crippen LogP contribution in [-0.4, -0.2) is 17.6 Å². The quantitative estimate of drug-likeness (QED) is 0.706. The van der Waals surface area contributed by atoms with Crippen molar-refractivity contribution in [3.8, 4) is 0 Å². The highest BCUT2D eigenvalue weighted by Gasteiger charge is 2.18. The largest absolute Gasteiger partial charge is 0.460 e. The number of carbonyl (C=O) groups is 1. The van der Waals surface area contributed by atoms with Gasteiger partial charge in [0.1, 0.15) is 0 Å². The zero-order chi connectivity index (χ0) is 10.8. The van der Waals surface area contributed by atoms with Crippen molar-refractivity contribution in [2.45, 2.75) is 13.8 Å². The lowest BCUT2D eigenvalue weighted by Gasteiger charge is -1.97. The number of pyridine rings is 1. The van der Waals surface area contributed by atoms with Crippen molar-refractivity contribution in [3.05, 3.63) is 29.8 Å². The van der Waals surface area contributed by atoms with Gasteiger partial charge in [0, 0.05) is 17.1 Å². The van der Waals surface area contributed by atoms with E-state index in [1.165, 1.54) is 0 Å². The number of ether oxygens (including phenoxy) is 1. The fourth-order valence-electron chi connectivity index (χ4n) is 1.47. The van der Waals surface area contributed by atoms with Crippen LogP contribution < -0.4 is 0 Å². The minimum Gasteiger partial charge on any atom is -0.460 e. The van der Waals surface area contributed by atoms with Gasteiger partial charge >= 0.3 is 5.97 Å². The van der Waals surface area contributed by atoms with Crippen LogP contribution in [0.15, 0.2) is 22.9 Å². The van der Waals surface area contributed by atoms with Gasteiger partial charge in [-0.25, -0.2) is 4.79 Å². The van der Waals surface area contributed by atoms with Crippen LogP contribution in [-0.2, 0) is 4.74 Å². The Morgan fingerprint density at radius 2 is 2.40 bits per heavy atom. The summed E-state index contributed by atoms with van der Waals surface area (Å²) in [7, 11) is 0. The van der Waals surface area contributed by atoms with Gasteiger partial charge in [0.15, 0.2) is 5.58 Å². The van der Waals surface area contributed by atoms with Crippen molar-refractivity contribution >= 4 is 16.9 Å². The molecule has 0 saturated heterocycles. The molecule has 0 unspecified atom stereocenters. The van der Waals surface area contributed by atoms with Crippen LogP contribution in [0, 0.1) is 6.92 Å². The number of hydrogen-bond acceptors (Lipinski definition) is 4. The third-order valence-corrected chi connectivity index (χ3v) is 2.20. The van der Waals surface area contributed by atoms with Crippen LogP contribution in [0.1, 0.15) is 23.0 Å². The molecule has 2 aromatic heterocycles. The summed E-state index contributed by atoms with van der Waals surface area (Å²) in [6.45, 7) is 3.93. The third kappa shape index (κ3) is 1.58. The monoisotopic (exact) mass is 205 g/mol. The van der Waals surface area contributed by atoms with E-state index >= 15 is 0 Å². The molecule has 0 aliphatic heterocycles. The lowest BCUT2D eigenvalue weighted by molar-refractivity contribution is 0.0491. The van der Waals surface area contributed by atoms with Gasteiger partial charge in [-0.1, -0.05) is 0 Å². The first kappa shape index (κ1) is 9.71. The summed E-state index contributed by atoms with van der Waals surface area (Å²) in [6, 6.07) is 1.82. The van der Waals surface area contributed by atoms with Gasteiger partial charge in [-0.05, 0) is 19.9 Å². The van der Waals surface area contributed by atoms with Crippen LogP contribution in [0.5, 0.6) is 0 Å². The van der Waals surface area contributed by atoms with E-state index in [4.69, 9.17) is 9.15 Å². The number of nitrogens with zero attached hydrogens (tertiary/aromatic N) is 1. The molecule has 0 amide bonds. The number of carbonyl (C=O) groups excluding carboxylic acids is 1. The van der Waals surface area contributed by atoms with Gasteiger partial charge in [0.2, 0.25) is 5.76 Å². The van der Waals surface area contributed by atoms with Crippen LogP contribution >= 0.6 is 0 Å². The second kappa shape index (κ2) is 3.73. The average Bonchev–Trinajstić information content (AvgIpc) is 2.57. The van der Waals surface area contributed by atoms with Crippen LogP contribution in [0.4, 0.5) is 0 Å². The maximum absolute atomic E-state index is 11.5. The highest BCUT2D eigenvalue weighted by molar-refractivity contribution is 5.95. The molecule has 15 heavy (non-hydrogen) atoms. The molecule has 78 valence electrons. The number of hydrogen-bond donors (Lipinski definition) is 0. The number of furan rings is 1. The average molecular weight is 205 g/mol. The van der Waals surface area contributed by atoms with Crippen molar-refractivity contribution in [1.29, 1.82) is 0 Å². The number of fused-ring (bicyclic) bond motifs is 1. The first-order valence-electron chi connectivity index (χ1n) is 4.74. The molecule has 0 aromatic carbocycles. The Hall–Kier alpha value is -1.84. The van der Waals surface area contributed by atoms with Crippen molar-refractivity contribution in [3.63, 3.8) is 0 Å². The number of esters is 1. The van der Waals surface area contributed by atoms with Crippen molar-refractivity contribution in [1.82, 2.24) is 4.98 Å². The molecule has 0 spiro atoms. The maximum atomic E-state index is 11.5. The molecule has 0 radical (unpaired) electrons. The Morgan fingerprint density at radius 3 is 3.07 bits per heavy atom. The molecule has 0 atom stereocenters. The van der Waals surface area contributed by atoms with Gasteiger partial charge < -0.3 is 9.15 Å². The summed E-state index contributed by atoms with van der Waals surface area (Å²) in [5.41, 5.74) is 1.41. The lowest BCUT2D eigenvalue weighted by Crippen LogP contribution is -2.04. The Bertz CT molecular complexity index is 502. The second-order valence-electron chi connectivity index (χ2n) is 3.15. The van der Waals surface area contributed by atoms with Crippen LogP contribution in [0.25, 0.3) is 11.0 Å². The van der Waals surface area contributed by atoms with E-state index in [0.717, 1.165) is 10.9 Å². The van der Waals surface area contributed by atoms with Crippen LogP contribution in [0.3, 0.4) is 0 Å². The van der Waals surface area contributed by atoms with E-state index in [0.29, 0.717) is 12.2 Å². The smallest absolute Gasteiger partial charge is 0.374 e. The Kier molecular flexibility index (Phi) is 2.41. The molecule has 0 bridgehead atoms. The summed E-state index contributed by atoms with van der Waals surface area (Å²) in [4.78, 5) is 15.4. The molecule has 0 aliphatic rings. The van der Waals surface area contributed by atoms with Gasteiger partial charge in [0.05, 0.1) is 12.8 Å². The molecule has 0 saturated carbocycles. The third-order valence-electron chi connectivity index (χ3n) is 2.20. The molecular formula is C11H11NO3. The SMILES string of the molecule is CCOC(=O)c1oc2cnccc2c1C. The number of aromatic nitrogens is 1. The predicted octanol–water partition coefficient (Wildman–Crippen LogP) is 2.31. The zero-order valence-electron chi connectivity index (χ0n) is 8.61. The van der Waals surface area contributed by atoms with E-state index in [2.05, 4.69) is 4.98 Å². The second-order valence-corrected chi connectivity index (χ2v) is 3.15. The Morgan fingerprint density at radius 1 is 1.60 bits per heavy atom. The highest BCUT2D eigenvalue weighted by atomic mass is 16.5. The van der Waals surface area contributed by atoms with E-state index in [-0.39, 0.29) is 5.76 Å². The Labute approximate surface area is 86.9 Å². The summed E-state index contributed by atoms with van der Waals surface area (Å²) in [6.07, 6.45) is 3.25. The first-order valence-corrected chi connectivity index (χ1v) is 4.74. The molecule has 4 heteroatoms. The topological polar surface area (TPSA) is 52.3 Å². The van der Waals surface area contributed by atoms with E-state index in [1.54, 1.807) is 19.3 Å².